The Kier molecular flexibility index (Phi) is 4.53. The van der Waals surface area contributed by atoms with Crippen molar-refractivity contribution < 1.29 is 4.79 Å². The van der Waals surface area contributed by atoms with Gasteiger partial charge < -0.3 is 5.32 Å². The molecule has 0 rings (SSSR count). The van der Waals surface area contributed by atoms with Gasteiger partial charge in [-0.3, -0.25) is 9.93 Å². The highest BCUT2D eigenvalue weighted by Gasteiger charge is 1.99. The van der Waals surface area contributed by atoms with Gasteiger partial charge in [0, 0.05) is 6.04 Å². The molecule has 0 bridgehead atoms. The second-order valence-electron chi connectivity index (χ2n) is 2.03. The van der Waals surface area contributed by atoms with Crippen molar-refractivity contribution in [1.82, 2.24) is 5.32 Å². The standard InChI is InChI=1S/C5H12N2OS/c1-4(2)7-5(8)3-9-6/h4H,3,6H2,1-2H3,(H,7,8). The minimum absolute atomic E-state index is 0.00231. The van der Waals surface area contributed by atoms with Crippen LogP contribution in [0, 0.1) is 0 Å². The van der Waals surface area contributed by atoms with Crippen LogP contribution < -0.4 is 10.5 Å². The number of carbonyl (C=O) groups excluding carboxylic acids is 1. The van der Waals surface area contributed by atoms with E-state index in [-0.39, 0.29) is 11.9 Å². The number of hydrogen-bond acceptors (Lipinski definition) is 3. The molecule has 0 saturated carbocycles. The summed E-state index contributed by atoms with van der Waals surface area (Å²) >= 11 is 1.04. The summed E-state index contributed by atoms with van der Waals surface area (Å²) in [5, 5.41) is 7.76. The molecule has 0 aromatic rings. The minimum atomic E-state index is -0.00231. The lowest BCUT2D eigenvalue weighted by atomic mass is 10.4. The number of rotatable bonds is 3. The molecule has 0 aromatic heterocycles. The van der Waals surface area contributed by atoms with E-state index in [9.17, 15) is 4.79 Å². The third kappa shape index (κ3) is 5.65. The van der Waals surface area contributed by atoms with Gasteiger partial charge in [-0.05, 0) is 13.8 Å². The zero-order valence-electron chi connectivity index (χ0n) is 5.68. The van der Waals surface area contributed by atoms with Crippen molar-refractivity contribution >= 4 is 17.9 Å². The maximum atomic E-state index is 10.6. The molecule has 3 N–H and O–H groups in total. The lowest BCUT2D eigenvalue weighted by Crippen LogP contribution is -2.31. The highest BCUT2D eigenvalue weighted by atomic mass is 32.2. The van der Waals surface area contributed by atoms with Crippen molar-refractivity contribution in [3.05, 3.63) is 0 Å². The molecule has 0 atom stereocenters. The van der Waals surface area contributed by atoms with Crippen molar-refractivity contribution in [2.24, 2.45) is 5.14 Å². The first-order chi connectivity index (χ1) is 4.16. The number of carbonyl (C=O) groups is 1. The van der Waals surface area contributed by atoms with E-state index in [0.717, 1.165) is 11.9 Å². The van der Waals surface area contributed by atoms with Gasteiger partial charge in [0.05, 0.1) is 5.75 Å². The van der Waals surface area contributed by atoms with E-state index in [4.69, 9.17) is 5.14 Å². The Morgan fingerprint density at radius 1 is 1.78 bits per heavy atom. The Morgan fingerprint density at radius 2 is 2.33 bits per heavy atom. The molecule has 0 aliphatic rings. The van der Waals surface area contributed by atoms with E-state index in [1.54, 1.807) is 0 Å². The number of nitrogens with one attached hydrogen (secondary N) is 1. The Bertz CT molecular complexity index is 95.0. The molecule has 4 heteroatoms. The van der Waals surface area contributed by atoms with Crippen LogP contribution in [0.3, 0.4) is 0 Å². The van der Waals surface area contributed by atoms with Crippen LogP contribution in [0.2, 0.25) is 0 Å². The molecule has 0 radical (unpaired) electrons. The summed E-state index contributed by atoms with van der Waals surface area (Å²) in [5.41, 5.74) is 0. The van der Waals surface area contributed by atoms with Gasteiger partial charge in [-0.25, -0.2) is 0 Å². The van der Waals surface area contributed by atoms with Crippen LogP contribution in [0.25, 0.3) is 0 Å². The first-order valence-electron chi connectivity index (χ1n) is 2.78. The topological polar surface area (TPSA) is 55.1 Å². The highest BCUT2D eigenvalue weighted by molar-refractivity contribution is 7.97. The number of amides is 1. The average molecular weight is 148 g/mol. The third-order valence-electron chi connectivity index (χ3n) is 0.664. The Morgan fingerprint density at radius 3 is 2.67 bits per heavy atom. The van der Waals surface area contributed by atoms with Crippen LogP contribution in [0.4, 0.5) is 0 Å². The summed E-state index contributed by atoms with van der Waals surface area (Å²) in [5.74, 6) is 0.343. The van der Waals surface area contributed by atoms with E-state index in [1.807, 2.05) is 13.8 Å². The van der Waals surface area contributed by atoms with Gasteiger partial charge in [-0.2, -0.15) is 0 Å². The molecular weight excluding hydrogens is 136 g/mol. The van der Waals surface area contributed by atoms with Crippen LogP contribution >= 0.6 is 11.9 Å². The van der Waals surface area contributed by atoms with E-state index in [1.165, 1.54) is 0 Å². The number of hydrogen-bond donors (Lipinski definition) is 2. The Hall–Kier alpha value is -0.220. The fourth-order valence-electron chi connectivity index (χ4n) is 0.439. The van der Waals surface area contributed by atoms with Crippen LogP contribution in [-0.4, -0.2) is 17.7 Å². The predicted molar refractivity (Wildman–Crippen MR) is 39.9 cm³/mol. The van der Waals surface area contributed by atoms with E-state index < -0.39 is 0 Å². The van der Waals surface area contributed by atoms with Crippen LogP contribution in [0.15, 0.2) is 0 Å². The molecule has 0 aliphatic carbocycles. The summed E-state index contributed by atoms with van der Waals surface area (Å²) < 4.78 is 0. The lowest BCUT2D eigenvalue weighted by molar-refractivity contribution is -0.119. The summed E-state index contributed by atoms with van der Waals surface area (Å²) in [6, 6.07) is 0.213. The molecule has 9 heavy (non-hydrogen) atoms. The quantitative estimate of drug-likeness (QED) is 0.559. The van der Waals surface area contributed by atoms with Crippen molar-refractivity contribution in [3.8, 4) is 0 Å². The molecule has 0 aromatic carbocycles. The second kappa shape index (κ2) is 4.64. The Labute approximate surface area is 59.5 Å². The zero-order valence-corrected chi connectivity index (χ0v) is 6.49. The first-order valence-corrected chi connectivity index (χ1v) is 3.82. The van der Waals surface area contributed by atoms with Crippen molar-refractivity contribution in [2.45, 2.75) is 19.9 Å². The van der Waals surface area contributed by atoms with Gasteiger partial charge in [0.2, 0.25) is 5.91 Å². The smallest absolute Gasteiger partial charge is 0.231 e. The number of nitrogens with two attached hydrogens (primary N) is 1. The highest BCUT2D eigenvalue weighted by Crippen LogP contribution is 1.85. The van der Waals surface area contributed by atoms with Crippen molar-refractivity contribution in [2.75, 3.05) is 5.75 Å². The lowest BCUT2D eigenvalue weighted by Gasteiger charge is -2.05. The summed E-state index contributed by atoms with van der Waals surface area (Å²) in [4.78, 5) is 10.6. The first kappa shape index (κ1) is 8.78. The third-order valence-corrected chi connectivity index (χ3v) is 1.09. The molecule has 0 fully saturated rings. The van der Waals surface area contributed by atoms with Gasteiger partial charge in [0.15, 0.2) is 0 Å². The summed E-state index contributed by atoms with van der Waals surface area (Å²) in [6.45, 7) is 3.83. The van der Waals surface area contributed by atoms with Gasteiger partial charge in [-0.15, -0.1) is 0 Å². The summed E-state index contributed by atoms with van der Waals surface area (Å²) in [6.07, 6.45) is 0. The molecular formula is C5H12N2OS. The predicted octanol–water partition coefficient (Wildman–Crippen LogP) is 0.118. The zero-order chi connectivity index (χ0) is 7.28. The molecule has 0 heterocycles. The largest absolute Gasteiger partial charge is 0.353 e. The van der Waals surface area contributed by atoms with Gasteiger partial charge >= 0.3 is 0 Å². The maximum Gasteiger partial charge on any atom is 0.231 e. The van der Waals surface area contributed by atoms with Crippen molar-refractivity contribution in [1.29, 1.82) is 0 Å². The van der Waals surface area contributed by atoms with Crippen LogP contribution in [-0.2, 0) is 4.79 Å². The SMILES string of the molecule is CC(C)NC(=O)CSN. The van der Waals surface area contributed by atoms with Crippen LogP contribution in [0.5, 0.6) is 0 Å². The van der Waals surface area contributed by atoms with E-state index in [0.29, 0.717) is 5.75 Å². The van der Waals surface area contributed by atoms with Gasteiger partial charge in [-0.1, -0.05) is 11.9 Å². The molecule has 1 amide bonds. The fraction of sp³-hybridized carbons (Fsp3) is 0.800. The molecule has 54 valence electrons. The van der Waals surface area contributed by atoms with E-state index >= 15 is 0 Å². The average Bonchev–Trinajstić information content (AvgIpc) is 1.63. The molecule has 0 unspecified atom stereocenters. The van der Waals surface area contributed by atoms with E-state index in [2.05, 4.69) is 5.32 Å². The van der Waals surface area contributed by atoms with Gasteiger partial charge in [0.25, 0.3) is 0 Å². The fourth-order valence-corrected chi connectivity index (χ4v) is 0.674. The van der Waals surface area contributed by atoms with Crippen molar-refractivity contribution in [3.63, 3.8) is 0 Å². The minimum Gasteiger partial charge on any atom is -0.353 e. The molecule has 0 aliphatic heterocycles. The molecule has 0 saturated heterocycles. The monoisotopic (exact) mass is 148 g/mol. The normalized spacial score (nSPS) is 9.78. The maximum absolute atomic E-state index is 10.6. The van der Waals surface area contributed by atoms with Crippen LogP contribution in [0.1, 0.15) is 13.8 Å². The second-order valence-corrected chi connectivity index (χ2v) is 2.66. The van der Waals surface area contributed by atoms with Gasteiger partial charge in [0.1, 0.15) is 0 Å². The summed E-state index contributed by atoms with van der Waals surface area (Å²) in [7, 11) is 0. The molecule has 0 spiro atoms. The Balaban J connectivity index is 3.27. The molecule has 3 nitrogen and oxygen atoms in total.